The van der Waals surface area contributed by atoms with Gasteiger partial charge in [0.25, 0.3) is 0 Å². The fourth-order valence-corrected chi connectivity index (χ4v) is 2.61. The van der Waals surface area contributed by atoms with E-state index in [2.05, 4.69) is 84.7 Å². The van der Waals surface area contributed by atoms with Gasteiger partial charge in [-0.05, 0) is 35.6 Å². The molecule has 0 aromatic heterocycles. The van der Waals surface area contributed by atoms with Gasteiger partial charge in [-0.2, -0.15) is 0 Å². The van der Waals surface area contributed by atoms with Crippen molar-refractivity contribution in [2.24, 2.45) is 4.99 Å². The molecule has 0 spiro atoms. The van der Waals surface area contributed by atoms with Crippen LogP contribution in [0.15, 0.2) is 89.9 Å². The van der Waals surface area contributed by atoms with Gasteiger partial charge in [0, 0.05) is 6.21 Å². The normalized spacial score (nSPS) is 12.4. The van der Waals surface area contributed by atoms with E-state index in [0.29, 0.717) is 0 Å². The van der Waals surface area contributed by atoms with Gasteiger partial charge in [0.2, 0.25) is 0 Å². The Balaban J connectivity index is 1.64. The quantitative estimate of drug-likeness (QED) is 0.559. The molecular formula is C22H21N. The Morgan fingerprint density at radius 1 is 0.739 bits per heavy atom. The van der Waals surface area contributed by atoms with E-state index in [9.17, 15) is 0 Å². The van der Waals surface area contributed by atoms with Crippen LogP contribution in [-0.4, -0.2) is 12.3 Å². The van der Waals surface area contributed by atoms with Gasteiger partial charge in [0.05, 0.1) is 6.04 Å². The van der Waals surface area contributed by atoms with Crippen molar-refractivity contribution in [3.05, 3.63) is 96.1 Å². The molecule has 0 saturated heterocycles. The van der Waals surface area contributed by atoms with Crippen LogP contribution in [0.1, 0.15) is 18.1 Å². The minimum absolute atomic E-state index is 0.284. The molecule has 3 rings (SSSR count). The van der Waals surface area contributed by atoms with Gasteiger partial charge in [0.1, 0.15) is 0 Å². The van der Waals surface area contributed by atoms with Crippen LogP contribution >= 0.6 is 0 Å². The predicted molar refractivity (Wildman–Crippen MR) is 99.1 cm³/mol. The Bertz CT molecular complexity index is 743. The Morgan fingerprint density at radius 2 is 1.30 bits per heavy atom. The van der Waals surface area contributed by atoms with Crippen LogP contribution in [0.3, 0.4) is 0 Å². The van der Waals surface area contributed by atoms with Crippen LogP contribution in [0.4, 0.5) is 0 Å². The molecule has 1 heteroatoms. The van der Waals surface area contributed by atoms with Crippen LogP contribution in [0.2, 0.25) is 0 Å². The second kappa shape index (κ2) is 7.55. The van der Waals surface area contributed by atoms with Crippen molar-refractivity contribution in [1.82, 2.24) is 0 Å². The predicted octanol–water partition coefficient (Wildman–Crippen LogP) is 5.40. The molecule has 0 heterocycles. The highest BCUT2D eigenvalue weighted by molar-refractivity contribution is 5.81. The minimum Gasteiger partial charge on any atom is -0.289 e. The molecule has 1 atom stereocenters. The molecule has 0 radical (unpaired) electrons. The zero-order chi connectivity index (χ0) is 15.9. The highest BCUT2D eigenvalue weighted by atomic mass is 14.7. The second-order valence-electron chi connectivity index (χ2n) is 5.80. The maximum atomic E-state index is 4.67. The van der Waals surface area contributed by atoms with Crippen molar-refractivity contribution >= 4 is 6.21 Å². The van der Waals surface area contributed by atoms with E-state index >= 15 is 0 Å². The highest BCUT2D eigenvalue weighted by Gasteiger charge is 2.00. The monoisotopic (exact) mass is 299 g/mol. The van der Waals surface area contributed by atoms with Crippen LogP contribution in [-0.2, 0) is 6.42 Å². The minimum atomic E-state index is 0.284. The third-order valence-electron chi connectivity index (χ3n) is 3.87. The van der Waals surface area contributed by atoms with Gasteiger partial charge < -0.3 is 0 Å². The average Bonchev–Trinajstić information content (AvgIpc) is 2.62. The number of nitrogens with zero attached hydrogens (tertiary/aromatic N) is 1. The zero-order valence-electron chi connectivity index (χ0n) is 13.4. The topological polar surface area (TPSA) is 12.4 Å². The number of aliphatic imine (C=N–C) groups is 1. The summed E-state index contributed by atoms with van der Waals surface area (Å²) in [5.41, 5.74) is 4.95. The van der Waals surface area contributed by atoms with Crippen molar-refractivity contribution in [3.63, 3.8) is 0 Å². The van der Waals surface area contributed by atoms with Crippen molar-refractivity contribution in [2.45, 2.75) is 19.4 Å². The lowest BCUT2D eigenvalue weighted by Gasteiger charge is -2.06. The Kier molecular flexibility index (Phi) is 5.00. The fraction of sp³-hybridized carbons (Fsp3) is 0.136. The standard InChI is InChI=1S/C22H21N/c1-18(16-19-8-4-2-5-9-19)23-17-20-12-14-22(15-13-20)21-10-6-3-7-11-21/h2-15,17-18H,16H2,1H3. The average molecular weight is 299 g/mol. The lowest BCUT2D eigenvalue weighted by atomic mass is 10.0. The molecule has 0 aliphatic heterocycles. The summed E-state index contributed by atoms with van der Waals surface area (Å²) in [5.74, 6) is 0. The number of rotatable bonds is 5. The van der Waals surface area contributed by atoms with E-state index in [4.69, 9.17) is 0 Å². The van der Waals surface area contributed by atoms with Crippen molar-refractivity contribution in [3.8, 4) is 11.1 Å². The molecule has 0 aliphatic carbocycles. The molecular weight excluding hydrogens is 278 g/mol. The van der Waals surface area contributed by atoms with Gasteiger partial charge >= 0.3 is 0 Å². The van der Waals surface area contributed by atoms with Gasteiger partial charge in [-0.3, -0.25) is 4.99 Å². The maximum Gasteiger partial charge on any atom is 0.0511 e. The second-order valence-corrected chi connectivity index (χ2v) is 5.80. The lowest BCUT2D eigenvalue weighted by Crippen LogP contribution is -2.03. The first-order chi connectivity index (χ1) is 11.3. The Hall–Kier alpha value is -2.67. The largest absolute Gasteiger partial charge is 0.289 e. The summed E-state index contributed by atoms with van der Waals surface area (Å²) < 4.78 is 0. The van der Waals surface area contributed by atoms with Crippen LogP contribution < -0.4 is 0 Å². The summed E-state index contributed by atoms with van der Waals surface area (Å²) >= 11 is 0. The summed E-state index contributed by atoms with van der Waals surface area (Å²) in [6.07, 6.45) is 2.95. The summed E-state index contributed by atoms with van der Waals surface area (Å²) in [7, 11) is 0. The van der Waals surface area contributed by atoms with Gasteiger partial charge in [-0.25, -0.2) is 0 Å². The van der Waals surface area contributed by atoms with Crippen molar-refractivity contribution < 1.29 is 0 Å². The third kappa shape index (κ3) is 4.40. The van der Waals surface area contributed by atoms with E-state index in [0.717, 1.165) is 12.0 Å². The van der Waals surface area contributed by atoms with Crippen LogP contribution in [0, 0.1) is 0 Å². The smallest absolute Gasteiger partial charge is 0.0511 e. The van der Waals surface area contributed by atoms with E-state index in [1.165, 1.54) is 16.7 Å². The Labute approximate surface area is 138 Å². The molecule has 0 aliphatic rings. The van der Waals surface area contributed by atoms with Crippen molar-refractivity contribution in [1.29, 1.82) is 0 Å². The van der Waals surface area contributed by atoms with Gasteiger partial charge in [-0.1, -0.05) is 84.9 Å². The fourth-order valence-electron chi connectivity index (χ4n) is 2.61. The number of benzene rings is 3. The molecule has 23 heavy (non-hydrogen) atoms. The molecule has 0 N–H and O–H groups in total. The summed E-state index contributed by atoms with van der Waals surface area (Å²) in [6, 6.07) is 29.8. The number of hydrogen-bond acceptors (Lipinski definition) is 1. The molecule has 3 aromatic rings. The van der Waals surface area contributed by atoms with Gasteiger partial charge in [-0.15, -0.1) is 0 Å². The maximum absolute atomic E-state index is 4.67. The molecule has 0 amide bonds. The SMILES string of the molecule is CC(Cc1ccccc1)N=Cc1ccc(-c2ccccc2)cc1. The molecule has 114 valence electrons. The van der Waals surface area contributed by atoms with Crippen LogP contribution in [0.25, 0.3) is 11.1 Å². The van der Waals surface area contributed by atoms with E-state index in [-0.39, 0.29) is 6.04 Å². The summed E-state index contributed by atoms with van der Waals surface area (Å²) in [5, 5.41) is 0. The first kappa shape index (κ1) is 15.2. The Morgan fingerprint density at radius 3 is 1.96 bits per heavy atom. The summed E-state index contributed by atoms with van der Waals surface area (Å²) in [6.45, 7) is 2.15. The molecule has 0 saturated carbocycles. The summed E-state index contributed by atoms with van der Waals surface area (Å²) in [4.78, 5) is 4.67. The number of hydrogen-bond donors (Lipinski definition) is 0. The lowest BCUT2D eigenvalue weighted by molar-refractivity contribution is 0.744. The highest BCUT2D eigenvalue weighted by Crippen LogP contribution is 2.18. The molecule has 3 aromatic carbocycles. The van der Waals surface area contributed by atoms with E-state index < -0.39 is 0 Å². The van der Waals surface area contributed by atoms with E-state index in [1.807, 2.05) is 18.3 Å². The zero-order valence-corrected chi connectivity index (χ0v) is 13.4. The van der Waals surface area contributed by atoms with Crippen LogP contribution in [0.5, 0.6) is 0 Å². The first-order valence-electron chi connectivity index (χ1n) is 8.04. The van der Waals surface area contributed by atoms with Crippen molar-refractivity contribution in [2.75, 3.05) is 0 Å². The van der Waals surface area contributed by atoms with Gasteiger partial charge in [0.15, 0.2) is 0 Å². The van der Waals surface area contributed by atoms with E-state index in [1.54, 1.807) is 0 Å². The molecule has 1 nitrogen and oxygen atoms in total. The molecule has 0 bridgehead atoms. The third-order valence-corrected chi connectivity index (χ3v) is 3.87. The first-order valence-corrected chi connectivity index (χ1v) is 8.04. The molecule has 0 fully saturated rings. The molecule has 1 unspecified atom stereocenters.